The third-order valence-corrected chi connectivity index (χ3v) is 0. The number of hydrogen-bond acceptors (Lipinski definition) is 1. The summed E-state index contributed by atoms with van der Waals surface area (Å²) < 4.78 is 0. The highest BCUT2D eigenvalue weighted by molar-refractivity contribution is 7.37. The molecular formula is CH7N2OS+. The maximum atomic E-state index is 9.00. The molecule has 4 N–H and O–H groups in total. The van der Waals surface area contributed by atoms with E-state index in [-0.39, 0.29) is 13.5 Å². The summed E-state index contributed by atoms with van der Waals surface area (Å²) in [5.41, 5.74) is 8.50. The monoisotopic (exact) mass is 95.0 g/mol. The topological polar surface area (TPSA) is 69.1 Å². The second kappa shape index (κ2) is 3.62. The Bertz CT molecular complexity index is 32.6. The van der Waals surface area contributed by atoms with E-state index in [0.29, 0.717) is 0 Å². The van der Waals surface area contributed by atoms with Gasteiger partial charge in [0, 0.05) is 0 Å². The molecule has 0 saturated heterocycles. The van der Waals surface area contributed by atoms with Gasteiger partial charge >= 0.3 is 6.03 Å². The van der Waals surface area contributed by atoms with Crippen molar-refractivity contribution in [3.05, 3.63) is 0 Å². The van der Waals surface area contributed by atoms with Crippen LogP contribution in [0.3, 0.4) is 0 Å². The first-order valence-electron chi connectivity index (χ1n) is 0.781. The molecule has 0 aromatic heterocycles. The number of amides is 2. The molecule has 0 aromatic carbocycles. The lowest BCUT2D eigenvalue weighted by Crippen LogP contribution is -2.18. The Morgan fingerprint density at radius 2 is 1.40 bits per heavy atom. The number of carbonyl (C=O) groups is 1. The second-order valence-corrected chi connectivity index (χ2v) is 0.402. The largest absolute Gasteiger partial charge is 0.352 e. The van der Waals surface area contributed by atoms with Gasteiger partial charge in [0.2, 0.25) is 0 Å². The molecule has 4 heteroatoms. The Kier molecular flexibility index (Phi) is 6.39. The molecule has 0 saturated carbocycles. The second-order valence-electron chi connectivity index (χ2n) is 0.402. The lowest BCUT2D eigenvalue weighted by molar-refractivity contribution is 0.256. The van der Waals surface area contributed by atoms with E-state index in [1.807, 2.05) is 0 Å². The van der Waals surface area contributed by atoms with Gasteiger partial charge < -0.3 is 11.5 Å². The first kappa shape index (κ1) is 8.82. The van der Waals surface area contributed by atoms with E-state index in [1.165, 1.54) is 0 Å². The Morgan fingerprint density at radius 3 is 1.40 bits per heavy atom. The minimum atomic E-state index is -0.833. The van der Waals surface area contributed by atoms with E-state index in [1.54, 1.807) is 0 Å². The Morgan fingerprint density at radius 1 is 1.40 bits per heavy atom. The zero-order valence-corrected chi connectivity index (χ0v) is 3.79. The Labute approximate surface area is 36.8 Å². The highest BCUT2D eigenvalue weighted by Crippen LogP contribution is 1.25. The highest BCUT2D eigenvalue weighted by atomic mass is 32.1. The SMILES string of the molecule is NC(N)=O.[SH3+]. The van der Waals surface area contributed by atoms with Gasteiger partial charge in [-0.1, -0.05) is 13.5 Å². The number of urea groups is 1. The molecular weight excluding hydrogens is 88.1 g/mol. The van der Waals surface area contributed by atoms with Gasteiger partial charge in [0.25, 0.3) is 0 Å². The number of nitrogens with two attached hydrogens (primary N) is 2. The molecule has 0 aliphatic heterocycles. The molecule has 0 rings (SSSR count). The van der Waals surface area contributed by atoms with Crippen LogP contribution in [0.2, 0.25) is 0 Å². The number of carbonyl (C=O) groups excluding carboxylic acids is 1. The van der Waals surface area contributed by atoms with Crippen LogP contribution in [0.1, 0.15) is 0 Å². The molecule has 32 valence electrons. The standard InChI is InChI=1S/CH4N2O.H2S/c2-1(3)4;/h(H4,2,3,4);1H2/p+1. The van der Waals surface area contributed by atoms with E-state index in [4.69, 9.17) is 4.79 Å². The molecule has 0 heterocycles. The number of rotatable bonds is 0. The van der Waals surface area contributed by atoms with Crippen molar-refractivity contribution >= 4 is 19.5 Å². The summed E-state index contributed by atoms with van der Waals surface area (Å²) in [6, 6.07) is -0.833. The smallest absolute Gasteiger partial charge is 0.309 e. The molecule has 5 heavy (non-hydrogen) atoms. The summed E-state index contributed by atoms with van der Waals surface area (Å²) in [6.07, 6.45) is 0. The fourth-order valence-corrected chi connectivity index (χ4v) is 0. The Hall–Kier alpha value is -0.380. The van der Waals surface area contributed by atoms with Gasteiger partial charge in [0.05, 0.1) is 0 Å². The van der Waals surface area contributed by atoms with Crippen molar-refractivity contribution in [2.45, 2.75) is 0 Å². The van der Waals surface area contributed by atoms with Gasteiger partial charge in [-0.05, 0) is 0 Å². The van der Waals surface area contributed by atoms with E-state index < -0.39 is 6.03 Å². The molecule has 0 aliphatic carbocycles. The van der Waals surface area contributed by atoms with Crippen LogP contribution in [0.5, 0.6) is 0 Å². The van der Waals surface area contributed by atoms with Crippen molar-refractivity contribution in [3.8, 4) is 0 Å². The number of primary amides is 2. The molecule has 0 atom stereocenters. The van der Waals surface area contributed by atoms with Gasteiger partial charge in [-0.15, -0.1) is 0 Å². The average Bonchev–Trinajstić information content (AvgIpc) is 0.811. The van der Waals surface area contributed by atoms with Crippen LogP contribution in [0.25, 0.3) is 0 Å². The van der Waals surface area contributed by atoms with Crippen molar-refractivity contribution < 1.29 is 4.79 Å². The van der Waals surface area contributed by atoms with Gasteiger partial charge in [-0.25, -0.2) is 4.79 Å². The summed E-state index contributed by atoms with van der Waals surface area (Å²) in [5, 5.41) is 0. The van der Waals surface area contributed by atoms with E-state index in [9.17, 15) is 0 Å². The molecule has 3 nitrogen and oxygen atoms in total. The van der Waals surface area contributed by atoms with Crippen molar-refractivity contribution in [1.29, 1.82) is 0 Å². The van der Waals surface area contributed by atoms with Crippen LogP contribution in [0, 0.1) is 0 Å². The predicted octanol–water partition coefficient (Wildman–Crippen LogP) is -1.78. The lowest BCUT2D eigenvalue weighted by atomic mass is 11.2. The van der Waals surface area contributed by atoms with Crippen LogP contribution in [0.15, 0.2) is 0 Å². The summed E-state index contributed by atoms with van der Waals surface area (Å²) in [6.45, 7) is 0. The summed E-state index contributed by atoms with van der Waals surface area (Å²) >= 11 is 0. The van der Waals surface area contributed by atoms with Crippen LogP contribution in [0.4, 0.5) is 4.79 Å². The molecule has 0 spiro atoms. The fraction of sp³-hybridized carbons (Fsp3) is 0. The van der Waals surface area contributed by atoms with E-state index in [2.05, 4.69) is 11.5 Å². The van der Waals surface area contributed by atoms with Crippen LogP contribution in [-0.4, -0.2) is 6.03 Å². The summed E-state index contributed by atoms with van der Waals surface area (Å²) in [7, 11) is 0. The average molecular weight is 95.1 g/mol. The summed E-state index contributed by atoms with van der Waals surface area (Å²) in [5.74, 6) is 0. The van der Waals surface area contributed by atoms with Gasteiger partial charge in [-0.3, -0.25) is 0 Å². The normalized spacial score (nSPS) is 4.80. The maximum Gasteiger partial charge on any atom is 0.309 e. The van der Waals surface area contributed by atoms with Crippen LogP contribution in [-0.2, 0) is 13.5 Å². The van der Waals surface area contributed by atoms with Crippen molar-refractivity contribution in [2.24, 2.45) is 11.5 Å². The molecule has 0 fully saturated rings. The zero-order chi connectivity index (χ0) is 3.58. The lowest BCUT2D eigenvalue weighted by Gasteiger charge is -1.62. The van der Waals surface area contributed by atoms with E-state index >= 15 is 0 Å². The van der Waals surface area contributed by atoms with Crippen molar-refractivity contribution in [3.63, 3.8) is 0 Å². The predicted molar refractivity (Wildman–Crippen MR) is 25.3 cm³/mol. The first-order chi connectivity index (χ1) is 1.73. The van der Waals surface area contributed by atoms with Crippen molar-refractivity contribution in [1.82, 2.24) is 0 Å². The van der Waals surface area contributed by atoms with Gasteiger partial charge in [0.15, 0.2) is 0 Å². The van der Waals surface area contributed by atoms with Crippen LogP contribution < -0.4 is 11.5 Å². The van der Waals surface area contributed by atoms with Gasteiger partial charge in [0.1, 0.15) is 0 Å². The molecule has 0 aliphatic rings. The quantitative estimate of drug-likeness (QED) is 0.343. The molecule has 2 amide bonds. The van der Waals surface area contributed by atoms with E-state index in [0.717, 1.165) is 0 Å². The molecule has 0 unspecified atom stereocenters. The third kappa shape index (κ3) is 65.8. The van der Waals surface area contributed by atoms with Gasteiger partial charge in [-0.2, -0.15) is 0 Å². The molecule has 0 aromatic rings. The highest BCUT2D eigenvalue weighted by Gasteiger charge is 1.60. The Balaban J connectivity index is 0. The molecule has 0 radical (unpaired) electrons. The summed E-state index contributed by atoms with van der Waals surface area (Å²) in [4.78, 5) is 9.00. The van der Waals surface area contributed by atoms with Crippen LogP contribution >= 0.6 is 0 Å². The number of hydrogen-bond donors (Lipinski definition) is 2. The fourth-order valence-electron chi connectivity index (χ4n) is 0. The first-order valence-corrected chi connectivity index (χ1v) is 0.781. The third-order valence-electron chi connectivity index (χ3n) is 0. The minimum absolute atomic E-state index is 0. The molecule has 0 bridgehead atoms. The van der Waals surface area contributed by atoms with Crippen molar-refractivity contribution in [2.75, 3.05) is 0 Å². The zero-order valence-electron chi connectivity index (χ0n) is 2.64. The minimum Gasteiger partial charge on any atom is -0.352 e. The maximum absolute atomic E-state index is 9.00.